The minimum atomic E-state index is -0.270. The molecule has 5 heteroatoms. The Bertz CT molecular complexity index is 678. The molecule has 0 bridgehead atoms. The SMILES string of the molecule is CC1CCN(c2cc(F)cc(-c3cncc(N)c3N)c2)CC1. The number of benzene rings is 1. The van der Waals surface area contributed by atoms with E-state index in [0.717, 1.165) is 37.5 Å². The fourth-order valence-corrected chi connectivity index (χ4v) is 2.90. The van der Waals surface area contributed by atoms with Gasteiger partial charge in [0, 0.05) is 30.5 Å². The molecule has 1 saturated heterocycles. The van der Waals surface area contributed by atoms with Gasteiger partial charge in [0.2, 0.25) is 0 Å². The van der Waals surface area contributed by atoms with Gasteiger partial charge < -0.3 is 16.4 Å². The molecule has 0 saturated carbocycles. The molecule has 0 unspecified atom stereocenters. The Kier molecular flexibility index (Phi) is 3.88. The topological polar surface area (TPSA) is 68.2 Å². The van der Waals surface area contributed by atoms with Crippen molar-refractivity contribution in [3.63, 3.8) is 0 Å². The number of rotatable bonds is 2. The van der Waals surface area contributed by atoms with Crippen molar-refractivity contribution >= 4 is 17.1 Å². The Labute approximate surface area is 129 Å². The van der Waals surface area contributed by atoms with Crippen LogP contribution >= 0.6 is 0 Å². The summed E-state index contributed by atoms with van der Waals surface area (Å²) in [5, 5.41) is 0. The number of nitrogen functional groups attached to an aromatic ring is 2. The van der Waals surface area contributed by atoms with Crippen molar-refractivity contribution in [2.45, 2.75) is 19.8 Å². The van der Waals surface area contributed by atoms with Gasteiger partial charge in [0.25, 0.3) is 0 Å². The molecule has 4 N–H and O–H groups in total. The van der Waals surface area contributed by atoms with Gasteiger partial charge in [0.05, 0.1) is 17.6 Å². The third-order valence-electron chi connectivity index (χ3n) is 4.36. The van der Waals surface area contributed by atoms with E-state index >= 15 is 0 Å². The Balaban J connectivity index is 1.98. The fraction of sp³-hybridized carbons (Fsp3) is 0.353. The Morgan fingerprint density at radius 1 is 1.14 bits per heavy atom. The molecule has 2 heterocycles. The Hall–Kier alpha value is -2.30. The molecule has 1 aromatic heterocycles. The van der Waals surface area contributed by atoms with Crippen molar-refractivity contribution in [3.05, 3.63) is 36.4 Å². The highest BCUT2D eigenvalue weighted by Crippen LogP contribution is 2.33. The minimum Gasteiger partial charge on any atom is -0.396 e. The van der Waals surface area contributed by atoms with Crippen molar-refractivity contribution < 1.29 is 4.39 Å². The lowest BCUT2D eigenvalue weighted by molar-refractivity contribution is 0.438. The van der Waals surface area contributed by atoms with E-state index in [2.05, 4.69) is 16.8 Å². The molecule has 22 heavy (non-hydrogen) atoms. The lowest BCUT2D eigenvalue weighted by Gasteiger charge is -2.32. The molecule has 1 aliphatic rings. The van der Waals surface area contributed by atoms with Gasteiger partial charge in [0.15, 0.2) is 0 Å². The standard InChI is InChI=1S/C17H21FN4/c1-11-2-4-22(5-3-11)14-7-12(6-13(18)8-14)15-9-21-10-16(19)17(15)20/h6-11H,2-5,19H2,1H3,(H2,20,21). The molecule has 4 nitrogen and oxygen atoms in total. The number of hydrogen-bond donors (Lipinski definition) is 2. The van der Waals surface area contributed by atoms with Crippen LogP contribution in [0, 0.1) is 11.7 Å². The van der Waals surface area contributed by atoms with Gasteiger partial charge in [-0.15, -0.1) is 0 Å². The number of aromatic nitrogens is 1. The number of pyridine rings is 1. The molecule has 1 aromatic carbocycles. The van der Waals surface area contributed by atoms with Gasteiger partial charge in [-0.1, -0.05) is 6.92 Å². The van der Waals surface area contributed by atoms with Crippen LogP contribution in [0.3, 0.4) is 0 Å². The van der Waals surface area contributed by atoms with Gasteiger partial charge in [-0.2, -0.15) is 0 Å². The van der Waals surface area contributed by atoms with Gasteiger partial charge in [-0.05, 0) is 42.5 Å². The maximum Gasteiger partial charge on any atom is 0.125 e. The van der Waals surface area contributed by atoms with E-state index in [4.69, 9.17) is 11.5 Å². The van der Waals surface area contributed by atoms with Gasteiger partial charge >= 0.3 is 0 Å². The number of anilines is 3. The predicted molar refractivity (Wildman–Crippen MR) is 89.1 cm³/mol. The van der Waals surface area contributed by atoms with Crippen LogP contribution in [0.1, 0.15) is 19.8 Å². The first-order chi connectivity index (χ1) is 10.5. The van der Waals surface area contributed by atoms with Gasteiger partial charge in [-0.3, -0.25) is 4.98 Å². The second-order valence-electron chi connectivity index (χ2n) is 6.06. The second-order valence-corrected chi connectivity index (χ2v) is 6.06. The maximum atomic E-state index is 14.1. The van der Waals surface area contributed by atoms with Crippen molar-refractivity contribution in [2.75, 3.05) is 29.5 Å². The summed E-state index contributed by atoms with van der Waals surface area (Å²) in [6.07, 6.45) is 5.40. The van der Waals surface area contributed by atoms with Crippen LogP contribution in [0.5, 0.6) is 0 Å². The summed E-state index contributed by atoms with van der Waals surface area (Å²) in [4.78, 5) is 6.29. The predicted octanol–water partition coefficient (Wildman–Crippen LogP) is 3.29. The lowest BCUT2D eigenvalue weighted by Crippen LogP contribution is -2.32. The summed E-state index contributed by atoms with van der Waals surface area (Å²) in [7, 11) is 0. The average Bonchev–Trinajstić information content (AvgIpc) is 2.50. The highest BCUT2D eigenvalue weighted by Gasteiger charge is 2.18. The molecule has 0 amide bonds. The highest BCUT2D eigenvalue weighted by atomic mass is 19.1. The van der Waals surface area contributed by atoms with Crippen molar-refractivity contribution in [3.8, 4) is 11.1 Å². The van der Waals surface area contributed by atoms with Crippen molar-refractivity contribution in [1.82, 2.24) is 4.98 Å². The summed E-state index contributed by atoms with van der Waals surface area (Å²) in [6, 6.07) is 5.02. The van der Waals surface area contributed by atoms with Gasteiger partial charge in [-0.25, -0.2) is 4.39 Å². The summed E-state index contributed by atoms with van der Waals surface area (Å²) in [6.45, 7) is 4.16. The lowest BCUT2D eigenvalue weighted by atomic mass is 9.98. The molecular formula is C17H21FN4. The molecule has 1 aliphatic heterocycles. The van der Waals surface area contributed by atoms with Crippen LogP contribution < -0.4 is 16.4 Å². The number of nitrogens with zero attached hydrogens (tertiary/aromatic N) is 2. The van der Waals surface area contributed by atoms with E-state index in [0.29, 0.717) is 22.5 Å². The van der Waals surface area contributed by atoms with E-state index in [1.165, 1.54) is 12.3 Å². The molecule has 2 aromatic rings. The van der Waals surface area contributed by atoms with Crippen LogP contribution in [0.15, 0.2) is 30.6 Å². The van der Waals surface area contributed by atoms with Crippen LogP contribution in [-0.2, 0) is 0 Å². The van der Waals surface area contributed by atoms with E-state index in [1.807, 2.05) is 6.07 Å². The zero-order valence-corrected chi connectivity index (χ0v) is 12.7. The molecule has 1 fully saturated rings. The molecule has 116 valence electrons. The quantitative estimate of drug-likeness (QED) is 0.893. The van der Waals surface area contributed by atoms with Gasteiger partial charge in [0.1, 0.15) is 5.82 Å². The van der Waals surface area contributed by atoms with Crippen LogP contribution in [-0.4, -0.2) is 18.1 Å². The van der Waals surface area contributed by atoms with E-state index in [1.54, 1.807) is 12.3 Å². The summed E-state index contributed by atoms with van der Waals surface area (Å²) in [5.74, 6) is 0.464. The summed E-state index contributed by atoms with van der Waals surface area (Å²) < 4.78 is 14.1. The normalized spacial score (nSPS) is 16.0. The number of hydrogen-bond acceptors (Lipinski definition) is 4. The molecule has 0 spiro atoms. The first-order valence-corrected chi connectivity index (χ1v) is 7.59. The minimum absolute atomic E-state index is 0.270. The molecular weight excluding hydrogens is 279 g/mol. The monoisotopic (exact) mass is 300 g/mol. The first-order valence-electron chi connectivity index (χ1n) is 7.59. The van der Waals surface area contributed by atoms with Crippen molar-refractivity contribution in [2.24, 2.45) is 5.92 Å². The van der Waals surface area contributed by atoms with E-state index < -0.39 is 0 Å². The third-order valence-corrected chi connectivity index (χ3v) is 4.36. The molecule has 0 aliphatic carbocycles. The maximum absolute atomic E-state index is 14.1. The fourth-order valence-electron chi connectivity index (χ4n) is 2.90. The van der Waals surface area contributed by atoms with Crippen molar-refractivity contribution in [1.29, 1.82) is 0 Å². The zero-order valence-electron chi connectivity index (χ0n) is 12.7. The van der Waals surface area contributed by atoms with Crippen LogP contribution in [0.2, 0.25) is 0 Å². The second kappa shape index (κ2) is 5.83. The Morgan fingerprint density at radius 2 is 1.86 bits per heavy atom. The van der Waals surface area contributed by atoms with E-state index in [9.17, 15) is 4.39 Å². The highest BCUT2D eigenvalue weighted by molar-refractivity contribution is 5.84. The average molecular weight is 300 g/mol. The van der Waals surface area contributed by atoms with Crippen LogP contribution in [0.4, 0.5) is 21.5 Å². The summed E-state index contributed by atoms with van der Waals surface area (Å²) in [5.41, 5.74) is 14.9. The van der Waals surface area contributed by atoms with E-state index in [-0.39, 0.29) is 5.82 Å². The third kappa shape index (κ3) is 2.84. The summed E-state index contributed by atoms with van der Waals surface area (Å²) >= 11 is 0. The molecule has 3 rings (SSSR count). The first kappa shape index (κ1) is 14.6. The van der Waals surface area contributed by atoms with Crippen LogP contribution in [0.25, 0.3) is 11.1 Å². The molecule has 0 atom stereocenters. The number of nitrogens with two attached hydrogens (primary N) is 2. The number of piperidine rings is 1. The Morgan fingerprint density at radius 3 is 2.59 bits per heavy atom. The molecule has 0 radical (unpaired) electrons. The zero-order chi connectivity index (χ0) is 15.7. The smallest absolute Gasteiger partial charge is 0.125 e. The number of halogens is 1. The largest absolute Gasteiger partial charge is 0.396 e.